The molecule has 9 nitrogen and oxygen atoms in total. The molecule has 2 amide bonds. The van der Waals surface area contributed by atoms with Crippen LogP contribution in [-0.4, -0.2) is 53.0 Å². The number of Topliss-reactive ketones (excluding diaryl/α,β-unsaturated/α-hetero) is 1. The van der Waals surface area contributed by atoms with Gasteiger partial charge in [-0.1, -0.05) is 23.8 Å². The highest BCUT2D eigenvalue weighted by Crippen LogP contribution is 2.52. The Hall–Kier alpha value is -3.50. The van der Waals surface area contributed by atoms with E-state index >= 15 is 0 Å². The molecule has 1 aromatic rings. The van der Waals surface area contributed by atoms with E-state index in [4.69, 9.17) is 9.47 Å². The second-order valence-electron chi connectivity index (χ2n) is 9.06. The van der Waals surface area contributed by atoms with Crippen molar-refractivity contribution in [3.05, 3.63) is 57.1 Å². The van der Waals surface area contributed by atoms with Gasteiger partial charge in [-0.05, 0) is 52.4 Å². The van der Waals surface area contributed by atoms with Gasteiger partial charge >= 0.3 is 0 Å². The molecule has 0 aromatic heterocycles. The first kappa shape index (κ1) is 24.2. The zero-order chi connectivity index (χ0) is 25.9. The monoisotopic (exact) mass is 555 g/mol. The minimum atomic E-state index is -0.811. The molecular weight excluding hydrogens is 534 g/mol. The number of hydrogen-bond donors (Lipinski definition) is 2. The smallest absolute Gasteiger partial charge is 0.257 e. The molecule has 5 rings (SSSR count). The number of halogens is 1. The van der Waals surface area contributed by atoms with Gasteiger partial charge in [0.15, 0.2) is 23.1 Å². The van der Waals surface area contributed by atoms with Crippen molar-refractivity contribution in [2.75, 3.05) is 14.2 Å². The Bertz CT molecular complexity index is 1330. The van der Waals surface area contributed by atoms with Gasteiger partial charge in [-0.2, -0.15) is 5.06 Å². The average molecular weight is 556 g/mol. The molecule has 10 heteroatoms. The fraction of sp³-hybridized carbons (Fsp3) is 0.308. The molecule has 1 saturated heterocycles. The van der Waals surface area contributed by atoms with Crippen molar-refractivity contribution in [1.82, 2.24) is 5.06 Å². The molecule has 0 spiro atoms. The van der Waals surface area contributed by atoms with E-state index in [1.807, 2.05) is 6.08 Å². The van der Waals surface area contributed by atoms with Gasteiger partial charge in [-0.15, -0.1) is 0 Å². The van der Waals surface area contributed by atoms with E-state index < -0.39 is 35.5 Å². The molecular formula is C26H22BrNO8. The molecule has 0 bridgehead atoms. The summed E-state index contributed by atoms with van der Waals surface area (Å²) in [6, 6.07) is 3.20. The van der Waals surface area contributed by atoms with E-state index in [2.05, 4.69) is 15.9 Å². The molecule has 36 heavy (non-hydrogen) atoms. The lowest BCUT2D eigenvalue weighted by Crippen LogP contribution is -2.39. The fourth-order valence-electron chi connectivity index (χ4n) is 5.69. The van der Waals surface area contributed by atoms with Crippen LogP contribution in [-0.2, 0) is 19.2 Å². The predicted octanol–water partition coefficient (Wildman–Crippen LogP) is 3.11. The summed E-state index contributed by atoms with van der Waals surface area (Å²) in [4.78, 5) is 51.4. The number of carbonyl (C=O) groups is 4. The number of methoxy groups -OCH3 is 2. The second-order valence-corrected chi connectivity index (χ2v) is 9.91. The first-order valence-corrected chi connectivity index (χ1v) is 12.1. The highest BCUT2D eigenvalue weighted by atomic mass is 79.9. The molecule has 0 radical (unpaired) electrons. The Morgan fingerprint density at radius 2 is 1.72 bits per heavy atom. The van der Waals surface area contributed by atoms with Crippen molar-refractivity contribution in [3.8, 4) is 17.2 Å². The van der Waals surface area contributed by atoms with Crippen LogP contribution in [0.1, 0.15) is 18.4 Å². The molecule has 0 saturated carbocycles. The molecule has 2 N–H and O–H groups in total. The summed E-state index contributed by atoms with van der Waals surface area (Å²) in [7, 11) is 2.82. The normalized spacial score (nSPS) is 27.6. The maximum absolute atomic E-state index is 13.1. The van der Waals surface area contributed by atoms with Gasteiger partial charge < -0.3 is 14.6 Å². The average Bonchev–Trinajstić information content (AvgIpc) is 3.09. The summed E-state index contributed by atoms with van der Waals surface area (Å²) in [5.41, 5.74) is 1.99. The second kappa shape index (κ2) is 8.86. The van der Waals surface area contributed by atoms with E-state index in [1.165, 1.54) is 20.3 Å². The van der Waals surface area contributed by atoms with Gasteiger partial charge in [0, 0.05) is 23.1 Å². The lowest BCUT2D eigenvalue weighted by atomic mass is 9.61. The summed E-state index contributed by atoms with van der Waals surface area (Å²) in [6.45, 7) is 0. The fourth-order valence-corrected chi connectivity index (χ4v) is 6.13. The van der Waals surface area contributed by atoms with Crippen LogP contribution in [0.2, 0.25) is 0 Å². The standard InChI is InChI=1S/C26H22BrNO8/c1-35-19-7-11(8-20(36-2)24(19)31)3-4-13-12-5-6-14-22(26(33)28(34)25(14)32)15(12)9-16-21(13)18(29)10-17(27)23(16)30/h3-5,7-8,10,13-15,22,31,34H,6,9H2,1-2H3. The number of amides is 2. The van der Waals surface area contributed by atoms with Crippen molar-refractivity contribution in [3.63, 3.8) is 0 Å². The number of hydroxylamine groups is 2. The van der Waals surface area contributed by atoms with Crippen molar-refractivity contribution in [2.24, 2.45) is 23.7 Å². The molecule has 1 fully saturated rings. The maximum Gasteiger partial charge on any atom is 0.257 e. The number of ketones is 2. The highest BCUT2D eigenvalue weighted by Gasteiger charge is 2.56. The van der Waals surface area contributed by atoms with Gasteiger partial charge in [0.25, 0.3) is 11.8 Å². The summed E-state index contributed by atoms with van der Waals surface area (Å²) < 4.78 is 10.6. The summed E-state index contributed by atoms with van der Waals surface area (Å²) in [6.07, 6.45) is 6.94. The number of imide groups is 1. The van der Waals surface area contributed by atoms with Gasteiger partial charge in [0.05, 0.1) is 30.5 Å². The van der Waals surface area contributed by atoms with E-state index in [-0.39, 0.29) is 51.2 Å². The first-order chi connectivity index (χ1) is 17.2. The minimum absolute atomic E-state index is 0.119. The van der Waals surface area contributed by atoms with Crippen LogP contribution in [0.5, 0.6) is 17.2 Å². The Morgan fingerprint density at radius 3 is 2.36 bits per heavy atom. The molecule has 1 aliphatic heterocycles. The number of fused-ring (bicyclic) bond motifs is 3. The molecule has 1 aromatic carbocycles. The van der Waals surface area contributed by atoms with Crippen molar-refractivity contribution >= 4 is 45.4 Å². The number of hydrogen-bond acceptors (Lipinski definition) is 8. The van der Waals surface area contributed by atoms with Gasteiger partial charge in [-0.3, -0.25) is 24.4 Å². The minimum Gasteiger partial charge on any atom is -0.502 e. The summed E-state index contributed by atoms with van der Waals surface area (Å²) in [5.74, 6) is -4.42. The predicted molar refractivity (Wildman–Crippen MR) is 129 cm³/mol. The number of phenolic OH excluding ortho intramolecular Hbond substituents is 1. The van der Waals surface area contributed by atoms with E-state index in [0.29, 0.717) is 16.7 Å². The zero-order valence-electron chi connectivity index (χ0n) is 19.4. The van der Waals surface area contributed by atoms with Crippen LogP contribution in [0.3, 0.4) is 0 Å². The number of phenols is 1. The number of rotatable bonds is 4. The number of nitrogens with zero attached hydrogens (tertiary/aromatic N) is 1. The topological polar surface area (TPSA) is 130 Å². The Morgan fingerprint density at radius 1 is 1.06 bits per heavy atom. The number of benzene rings is 1. The molecule has 3 aliphatic carbocycles. The molecule has 4 atom stereocenters. The van der Waals surface area contributed by atoms with E-state index in [9.17, 15) is 29.5 Å². The lowest BCUT2D eigenvalue weighted by Gasteiger charge is -2.40. The van der Waals surface area contributed by atoms with Crippen LogP contribution >= 0.6 is 15.9 Å². The van der Waals surface area contributed by atoms with Gasteiger partial charge in [0.1, 0.15) is 0 Å². The summed E-state index contributed by atoms with van der Waals surface area (Å²) in [5, 5.41) is 20.4. The van der Waals surface area contributed by atoms with E-state index in [0.717, 1.165) is 5.57 Å². The third kappa shape index (κ3) is 3.55. The van der Waals surface area contributed by atoms with Crippen molar-refractivity contribution < 1.29 is 39.0 Å². The summed E-state index contributed by atoms with van der Waals surface area (Å²) >= 11 is 3.17. The highest BCUT2D eigenvalue weighted by molar-refractivity contribution is 9.12. The SMILES string of the molecule is COc1cc(C=CC2C3=CCC4C(=O)N(O)C(=O)C4C3CC3=C2C(=O)C=C(Br)C3=O)cc(OC)c1O. The first-order valence-electron chi connectivity index (χ1n) is 11.3. The zero-order valence-corrected chi connectivity index (χ0v) is 20.9. The van der Waals surface area contributed by atoms with E-state index in [1.54, 1.807) is 24.3 Å². The number of carbonyl (C=O) groups excluding carboxylic acids is 4. The van der Waals surface area contributed by atoms with Crippen LogP contribution in [0, 0.1) is 23.7 Å². The molecule has 4 unspecified atom stereocenters. The number of ether oxygens (including phenoxy) is 2. The quantitative estimate of drug-likeness (QED) is 0.251. The van der Waals surface area contributed by atoms with Gasteiger partial charge in [0.2, 0.25) is 5.75 Å². The lowest BCUT2D eigenvalue weighted by molar-refractivity contribution is -0.173. The Labute approximate surface area is 214 Å². The largest absolute Gasteiger partial charge is 0.502 e. The Balaban J connectivity index is 1.62. The van der Waals surface area contributed by atoms with Crippen molar-refractivity contribution in [2.45, 2.75) is 12.8 Å². The Kier molecular flexibility index (Phi) is 5.96. The molecule has 4 aliphatic rings. The maximum atomic E-state index is 13.1. The van der Waals surface area contributed by atoms with Gasteiger partial charge in [-0.25, -0.2) is 0 Å². The van der Waals surface area contributed by atoms with Crippen LogP contribution in [0.25, 0.3) is 6.08 Å². The molecule has 186 valence electrons. The number of aromatic hydroxyl groups is 1. The van der Waals surface area contributed by atoms with Crippen LogP contribution in [0.15, 0.2) is 51.6 Å². The number of allylic oxidation sites excluding steroid dienone is 7. The van der Waals surface area contributed by atoms with Crippen molar-refractivity contribution in [1.29, 1.82) is 0 Å². The van der Waals surface area contributed by atoms with Crippen LogP contribution < -0.4 is 9.47 Å². The third-order valence-electron chi connectivity index (χ3n) is 7.34. The van der Waals surface area contributed by atoms with Crippen LogP contribution in [0.4, 0.5) is 0 Å². The molecule has 1 heterocycles. The third-order valence-corrected chi connectivity index (χ3v) is 7.93.